The Bertz CT molecular complexity index is 1090. The number of halogens is 4. The second kappa shape index (κ2) is 10.9. The van der Waals surface area contributed by atoms with E-state index in [1.165, 1.54) is 6.07 Å². The molecule has 1 fully saturated rings. The highest BCUT2D eigenvalue weighted by Crippen LogP contribution is 2.37. The van der Waals surface area contributed by atoms with Gasteiger partial charge >= 0.3 is 6.36 Å². The van der Waals surface area contributed by atoms with Gasteiger partial charge in [-0.1, -0.05) is 23.7 Å². The fourth-order valence-corrected chi connectivity index (χ4v) is 5.10. The van der Waals surface area contributed by atoms with Crippen LogP contribution in [0.25, 0.3) is 0 Å². The normalized spacial score (nSPS) is 15.7. The third-order valence-electron chi connectivity index (χ3n) is 5.33. The molecule has 0 amide bonds. The van der Waals surface area contributed by atoms with Crippen molar-refractivity contribution in [2.45, 2.75) is 39.6 Å². The van der Waals surface area contributed by atoms with Crippen LogP contribution in [0.4, 0.5) is 18.9 Å². The highest BCUT2D eigenvalue weighted by atomic mass is 35.5. The molecular weight excluding hydrogens is 487 g/mol. The Morgan fingerprint density at radius 3 is 2.38 bits per heavy atom. The van der Waals surface area contributed by atoms with E-state index in [0.29, 0.717) is 52.7 Å². The molecule has 34 heavy (non-hydrogen) atoms. The summed E-state index contributed by atoms with van der Waals surface area (Å²) in [7, 11) is -0.999. The molecule has 2 aromatic rings. The lowest BCUT2D eigenvalue weighted by Crippen LogP contribution is -2.38. The number of ether oxygens (including phenoxy) is 1. The summed E-state index contributed by atoms with van der Waals surface area (Å²) in [4.78, 5) is 6.24. The first-order valence-corrected chi connectivity index (χ1v) is 12.7. The average Bonchev–Trinajstić information content (AvgIpc) is 2.73. The molecule has 0 saturated carbocycles. The molecule has 3 rings (SSSR count). The summed E-state index contributed by atoms with van der Waals surface area (Å²) in [6.45, 7) is 6.26. The molecule has 1 aliphatic rings. The number of benzene rings is 2. The van der Waals surface area contributed by atoms with Gasteiger partial charge < -0.3 is 9.64 Å². The third kappa shape index (κ3) is 7.06. The van der Waals surface area contributed by atoms with Gasteiger partial charge in [0, 0.05) is 57.3 Å². The first-order chi connectivity index (χ1) is 15.9. The van der Waals surface area contributed by atoms with Gasteiger partial charge in [-0.05, 0) is 57.0 Å². The van der Waals surface area contributed by atoms with Crippen molar-refractivity contribution >= 4 is 39.5 Å². The van der Waals surface area contributed by atoms with Crippen LogP contribution in [0.5, 0.6) is 5.75 Å². The van der Waals surface area contributed by atoms with Crippen LogP contribution >= 0.6 is 11.6 Å². The van der Waals surface area contributed by atoms with Gasteiger partial charge in [0.1, 0.15) is 0 Å². The summed E-state index contributed by atoms with van der Waals surface area (Å²) in [6.07, 6.45) is -4.55. The predicted octanol–water partition coefficient (Wildman–Crippen LogP) is 5.64. The van der Waals surface area contributed by atoms with Crippen molar-refractivity contribution in [2.24, 2.45) is 4.99 Å². The Hall–Kier alpha value is -2.39. The Balaban J connectivity index is 2.14. The number of aliphatic imine (C=N–C) groups is 1. The van der Waals surface area contributed by atoms with Gasteiger partial charge in [-0.3, -0.25) is 14.6 Å². The summed E-state index contributed by atoms with van der Waals surface area (Å²) in [6, 6.07) is 9.48. The molecular formula is C24H27ClF3N3O2S. The zero-order valence-electron chi connectivity index (χ0n) is 19.2. The molecule has 1 unspecified atom stereocenters. The molecule has 10 heteroatoms. The van der Waals surface area contributed by atoms with Gasteiger partial charge in [0.2, 0.25) is 0 Å². The van der Waals surface area contributed by atoms with Gasteiger partial charge in [0.15, 0.2) is 5.75 Å². The number of alkyl halides is 3. The zero-order chi connectivity index (χ0) is 25.0. The van der Waals surface area contributed by atoms with Crippen molar-refractivity contribution in [3.63, 3.8) is 0 Å². The lowest BCUT2D eigenvalue weighted by atomic mass is 9.93. The minimum absolute atomic E-state index is 0.163. The number of hydrogen-bond donors (Lipinski definition) is 1. The van der Waals surface area contributed by atoms with Crippen LogP contribution in [0, 0.1) is 5.41 Å². The molecule has 1 heterocycles. The fraction of sp³-hybridized carbons (Fsp3) is 0.417. The second-order valence-electron chi connectivity index (χ2n) is 8.37. The molecule has 184 valence electrons. The summed E-state index contributed by atoms with van der Waals surface area (Å²) in [5.41, 5.74) is 2.86. The lowest BCUT2D eigenvalue weighted by molar-refractivity contribution is -0.274. The van der Waals surface area contributed by atoms with E-state index in [9.17, 15) is 17.4 Å². The molecule has 0 radical (unpaired) electrons. The van der Waals surface area contributed by atoms with Gasteiger partial charge in [-0.2, -0.15) is 0 Å². The van der Waals surface area contributed by atoms with Gasteiger partial charge in [0.25, 0.3) is 0 Å². The fourth-order valence-electron chi connectivity index (χ4n) is 3.92. The molecule has 5 nitrogen and oxygen atoms in total. The van der Waals surface area contributed by atoms with E-state index in [0.717, 1.165) is 5.71 Å². The minimum Gasteiger partial charge on any atom is -0.404 e. The van der Waals surface area contributed by atoms with E-state index in [2.05, 4.69) is 9.73 Å². The Morgan fingerprint density at radius 1 is 1.21 bits per heavy atom. The number of rotatable bonds is 7. The summed E-state index contributed by atoms with van der Waals surface area (Å²) >= 11 is 5.99. The predicted molar refractivity (Wildman–Crippen MR) is 133 cm³/mol. The van der Waals surface area contributed by atoms with Gasteiger partial charge in [0.05, 0.1) is 17.4 Å². The minimum atomic E-state index is -4.88. The van der Waals surface area contributed by atoms with E-state index < -0.39 is 17.2 Å². The van der Waals surface area contributed by atoms with Crippen molar-refractivity contribution in [3.8, 4) is 5.75 Å². The largest absolute Gasteiger partial charge is 0.573 e. The van der Waals surface area contributed by atoms with Crippen LogP contribution < -0.4 is 9.64 Å². The molecule has 1 atom stereocenters. The van der Waals surface area contributed by atoms with E-state index in [-0.39, 0.29) is 23.2 Å². The van der Waals surface area contributed by atoms with Crippen LogP contribution in [0.1, 0.15) is 37.5 Å². The maximum Gasteiger partial charge on any atom is 0.573 e. The molecule has 0 spiro atoms. The van der Waals surface area contributed by atoms with Gasteiger partial charge in [-0.25, -0.2) is 0 Å². The second-order valence-corrected chi connectivity index (χ2v) is 10.5. The van der Waals surface area contributed by atoms with Crippen molar-refractivity contribution in [1.29, 1.82) is 5.41 Å². The smallest absolute Gasteiger partial charge is 0.404 e. The SMILES string of the molecule is CC(C)=NC(C)Cc1cc(OC(F)(F)F)c(N2CCS(=O)CC2)cc1C(=N)c1ccc(Cl)cc1. The zero-order valence-corrected chi connectivity index (χ0v) is 20.8. The van der Waals surface area contributed by atoms with Crippen LogP contribution in [-0.2, 0) is 17.2 Å². The quantitative estimate of drug-likeness (QED) is 0.488. The monoisotopic (exact) mass is 513 g/mol. The van der Waals surface area contributed by atoms with Crippen LogP contribution in [-0.4, -0.2) is 52.6 Å². The standard InChI is InChI=1S/C24H27ClF3N3O2S/c1-15(2)30-16(3)12-18-13-22(33-24(26,27)28)21(31-8-10-34(32)11-9-31)14-20(18)23(29)17-4-6-19(25)7-5-17/h4-7,13-14,16,29H,8-12H2,1-3H3. The molecule has 1 aliphatic heterocycles. The highest BCUT2D eigenvalue weighted by Gasteiger charge is 2.34. The van der Waals surface area contributed by atoms with Crippen molar-refractivity contribution in [2.75, 3.05) is 29.5 Å². The van der Waals surface area contributed by atoms with E-state index in [1.54, 1.807) is 35.2 Å². The number of hydrogen-bond acceptors (Lipinski definition) is 5. The lowest BCUT2D eigenvalue weighted by Gasteiger charge is -2.31. The van der Waals surface area contributed by atoms with Crippen LogP contribution in [0.15, 0.2) is 41.4 Å². The highest BCUT2D eigenvalue weighted by molar-refractivity contribution is 7.85. The first-order valence-electron chi connectivity index (χ1n) is 10.8. The molecule has 0 bridgehead atoms. The first kappa shape index (κ1) is 26.2. The Kier molecular flexibility index (Phi) is 8.41. The van der Waals surface area contributed by atoms with Gasteiger partial charge in [-0.15, -0.1) is 13.2 Å². The van der Waals surface area contributed by atoms with E-state index >= 15 is 0 Å². The third-order valence-corrected chi connectivity index (χ3v) is 6.85. The molecule has 0 aliphatic carbocycles. The van der Waals surface area contributed by atoms with E-state index in [4.69, 9.17) is 17.0 Å². The molecule has 1 N–H and O–H groups in total. The average molecular weight is 514 g/mol. The van der Waals surface area contributed by atoms with Crippen LogP contribution in [0.2, 0.25) is 5.02 Å². The summed E-state index contributed by atoms with van der Waals surface area (Å²) in [5.74, 6) is 0.393. The van der Waals surface area contributed by atoms with Crippen molar-refractivity contribution in [1.82, 2.24) is 0 Å². The number of anilines is 1. The number of nitrogens with one attached hydrogen (secondary N) is 1. The van der Waals surface area contributed by atoms with E-state index in [1.807, 2.05) is 20.8 Å². The molecule has 0 aromatic heterocycles. The Labute approximate surface area is 204 Å². The maximum absolute atomic E-state index is 13.3. The molecule has 1 saturated heterocycles. The Morgan fingerprint density at radius 2 is 1.82 bits per heavy atom. The number of nitrogens with zero attached hydrogens (tertiary/aromatic N) is 2. The molecule has 2 aromatic carbocycles. The topological polar surface area (TPSA) is 65.8 Å². The van der Waals surface area contributed by atoms with Crippen molar-refractivity contribution < 1.29 is 22.1 Å². The summed E-state index contributed by atoms with van der Waals surface area (Å²) < 4.78 is 56.2. The maximum atomic E-state index is 13.3. The van der Waals surface area contributed by atoms with Crippen LogP contribution in [0.3, 0.4) is 0 Å². The summed E-state index contributed by atoms with van der Waals surface area (Å²) in [5, 5.41) is 9.37. The van der Waals surface area contributed by atoms with Crippen molar-refractivity contribution in [3.05, 3.63) is 58.1 Å².